The number of para-hydroxylation sites is 1. The van der Waals surface area contributed by atoms with Gasteiger partial charge in [-0.15, -0.1) is 11.3 Å². The Balaban J connectivity index is 2.26. The summed E-state index contributed by atoms with van der Waals surface area (Å²) in [5.74, 6) is -0.128. The summed E-state index contributed by atoms with van der Waals surface area (Å²) in [6, 6.07) is 12.9. The molecule has 3 aromatic rings. The number of carboxylic acids is 1. The Morgan fingerprint density at radius 1 is 1.15 bits per heavy atom. The molecule has 3 rings (SSSR count). The molecular formula is C16H12O3S. The van der Waals surface area contributed by atoms with Crippen molar-refractivity contribution in [1.29, 1.82) is 0 Å². The predicted octanol–water partition coefficient (Wildman–Crippen LogP) is 4.28. The van der Waals surface area contributed by atoms with Crippen LogP contribution in [0.3, 0.4) is 0 Å². The molecule has 0 aliphatic rings. The maximum absolute atomic E-state index is 11.1. The summed E-state index contributed by atoms with van der Waals surface area (Å²) in [5, 5.41) is 12.1. The largest absolute Gasteiger partial charge is 0.496 e. The molecule has 0 spiro atoms. The first-order valence-electron chi connectivity index (χ1n) is 6.08. The number of hydrogen-bond acceptors (Lipinski definition) is 3. The third-order valence-electron chi connectivity index (χ3n) is 3.22. The highest BCUT2D eigenvalue weighted by molar-refractivity contribution is 7.17. The summed E-state index contributed by atoms with van der Waals surface area (Å²) in [6.07, 6.45) is 0. The first-order chi connectivity index (χ1) is 9.70. The number of aromatic carboxylic acids is 1. The van der Waals surface area contributed by atoms with Gasteiger partial charge in [-0.3, -0.25) is 0 Å². The highest BCUT2D eigenvalue weighted by Crippen LogP contribution is 2.38. The highest BCUT2D eigenvalue weighted by atomic mass is 32.1. The van der Waals surface area contributed by atoms with Crippen molar-refractivity contribution in [1.82, 2.24) is 0 Å². The molecule has 20 heavy (non-hydrogen) atoms. The lowest BCUT2D eigenvalue weighted by molar-refractivity contribution is 0.0697. The molecule has 0 bridgehead atoms. The molecule has 2 aromatic carbocycles. The average molecular weight is 284 g/mol. The zero-order chi connectivity index (χ0) is 14.1. The van der Waals surface area contributed by atoms with Crippen LogP contribution < -0.4 is 4.74 Å². The number of carboxylic acid groups (broad SMARTS) is 1. The molecule has 3 nitrogen and oxygen atoms in total. The van der Waals surface area contributed by atoms with Crippen molar-refractivity contribution in [2.45, 2.75) is 0 Å². The maximum Gasteiger partial charge on any atom is 0.335 e. The van der Waals surface area contributed by atoms with E-state index in [4.69, 9.17) is 9.84 Å². The van der Waals surface area contributed by atoms with Crippen LogP contribution >= 0.6 is 11.3 Å². The number of fused-ring (bicyclic) bond motifs is 1. The number of hydrogen-bond donors (Lipinski definition) is 1. The van der Waals surface area contributed by atoms with Gasteiger partial charge in [0.15, 0.2) is 0 Å². The van der Waals surface area contributed by atoms with Crippen molar-refractivity contribution >= 4 is 27.4 Å². The number of benzene rings is 2. The summed E-state index contributed by atoms with van der Waals surface area (Å²) < 4.78 is 6.45. The average Bonchev–Trinajstić information content (AvgIpc) is 2.89. The van der Waals surface area contributed by atoms with Gasteiger partial charge in [0.2, 0.25) is 0 Å². The zero-order valence-electron chi connectivity index (χ0n) is 10.8. The van der Waals surface area contributed by atoms with Crippen LogP contribution in [-0.4, -0.2) is 18.2 Å². The summed E-state index contributed by atoms with van der Waals surface area (Å²) in [5.41, 5.74) is 2.28. The lowest BCUT2D eigenvalue weighted by Gasteiger charge is -2.07. The third-order valence-corrected chi connectivity index (χ3v) is 4.18. The topological polar surface area (TPSA) is 46.5 Å². The van der Waals surface area contributed by atoms with Crippen molar-refractivity contribution in [2.75, 3.05) is 7.11 Å². The molecule has 0 saturated heterocycles. The van der Waals surface area contributed by atoms with Crippen LogP contribution in [0.2, 0.25) is 0 Å². The normalized spacial score (nSPS) is 10.7. The zero-order valence-corrected chi connectivity index (χ0v) is 11.6. The van der Waals surface area contributed by atoms with Crippen molar-refractivity contribution in [2.24, 2.45) is 0 Å². The predicted molar refractivity (Wildman–Crippen MR) is 80.8 cm³/mol. The van der Waals surface area contributed by atoms with Gasteiger partial charge in [0.1, 0.15) is 5.75 Å². The molecule has 0 radical (unpaired) electrons. The second kappa shape index (κ2) is 4.98. The molecule has 0 aliphatic carbocycles. The Bertz CT molecular complexity index is 789. The molecule has 4 heteroatoms. The minimum atomic E-state index is -0.913. The Labute approximate surface area is 120 Å². The van der Waals surface area contributed by atoms with Gasteiger partial charge >= 0.3 is 5.97 Å². The summed E-state index contributed by atoms with van der Waals surface area (Å²) >= 11 is 1.60. The molecule has 0 saturated carbocycles. The molecule has 0 atom stereocenters. The van der Waals surface area contributed by atoms with Gasteiger partial charge in [-0.05, 0) is 29.6 Å². The number of rotatable bonds is 3. The first kappa shape index (κ1) is 12.7. The van der Waals surface area contributed by atoms with Gasteiger partial charge in [0.25, 0.3) is 0 Å². The highest BCUT2D eigenvalue weighted by Gasteiger charge is 2.12. The van der Waals surface area contributed by atoms with Crippen molar-refractivity contribution < 1.29 is 14.6 Å². The van der Waals surface area contributed by atoms with Gasteiger partial charge in [0.05, 0.1) is 12.7 Å². The number of methoxy groups -OCH3 is 1. The van der Waals surface area contributed by atoms with Crippen LogP contribution in [-0.2, 0) is 0 Å². The fraction of sp³-hybridized carbons (Fsp3) is 0.0625. The Morgan fingerprint density at radius 2 is 1.95 bits per heavy atom. The molecule has 1 heterocycles. The second-order valence-electron chi connectivity index (χ2n) is 4.37. The van der Waals surface area contributed by atoms with E-state index in [9.17, 15) is 4.79 Å². The number of thiophene rings is 1. The maximum atomic E-state index is 11.1. The fourth-order valence-corrected chi connectivity index (χ4v) is 3.18. The van der Waals surface area contributed by atoms with Crippen LogP contribution in [0.15, 0.2) is 47.8 Å². The quantitative estimate of drug-likeness (QED) is 0.781. The van der Waals surface area contributed by atoms with Gasteiger partial charge in [-0.25, -0.2) is 4.79 Å². The first-order valence-corrected chi connectivity index (χ1v) is 6.96. The molecule has 0 aliphatic heterocycles. The van der Waals surface area contributed by atoms with Gasteiger partial charge in [-0.2, -0.15) is 0 Å². The van der Waals surface area contributed by atoms with Crippen LogP contribution in [0.1, 0.15) is 10.4 Å². The van der Waals surface area contributed by atoms with E-state index in [1.165, 1.54) is 0 Å². The van der Waals surface area contributed by atoms with E-state index in [1.54, 1.807) is 30.6 Å². The summed E-state index contributed by atoms with van der Waals surface area (Å²) in [4.78, 5) is 11.1. The van der Waals surface area contributed by atoms with Gasteiger partial charge in [-0.1, -0.05) is 18.2 Å². The van der Waals surface area contributed by atoms with Gasteiger partial charge in [0, 0.05) is 21.2 Å². The number of ether oxygens (including phenoxy) is 1. The van der Waals surface area contributed by atoms with E-state index in [2.05, 4.69) is 0 Å². The number of carbonyl (C=O) groups is 1. The molecule has 100 valence electrons. The van der Waals surface area contributed by atoms with Crippen molar-refractivity contribution in [3.05, 3.63) is 53.4 Å². The van der Waals surface area contributed by atoms with Crippen LogP contribution in [0.5, 0.6) is 5.75 Å². The van der Waals surface area contributed by atoms with E-state index < -0.39 is 5.97 Å². The molecule has 1 aromatic heterocycles. The Hall–Kier alpha value is -2.33. The van der Waals surface area contributed by atoms with Crippen molar-refractivity contribution in [3.63, 3.8) is 0 Å². The lowest BCUT2D eigenvalue weighted by atomic mass is 10.0. The van der Waals surface area contributed by atoms with Gasteiger partial charge < -0.3 is 9.84 Å². The summed E-state index contributed by atoms with van der Waals surface area (Å²) in [7, 11) is 1.63. The van der Waals surface area contributed by atoms with E-state index in [0.29, 0.717) is 5.56 Å². The molecule has 0 fully saturated rings. The smallest absolute Gasteiger partial charge is 0.335 e. The minimum absolute atomic E-state index is 0.298. The second-order valence-corrected chi connectivity index (χ2v) is 5.28. The van der Waals surface area contributed by atoms with Crippen molar-refractivity contribution in [3.8, 4) is 16.9 Å². The molecular weight excluding hydrogens is 272 g/mol. The standard InChI is InChI=1S/C16H12O3S/c1-19-14-5-3-2-4-11(14)13-9-20-15-7-6-10(16(17)18)8-12(13)15/h2-9H,1H3,(H,17,18). The molecule has 0 unspecified atom stereocenters. The van der Waals surface area contributed by atoms with E-state index in [1.807, 2.05) is 35.7 Å². The Morgan fingerprint density at radius 3 is 2.70 bits per heavy atom. The van der Waals surface area contributed by atoms with E-state index in [-0.39, 0.29) is 0 Å². The molecule has 0 amide bonds. The monoisotopic (exact) mass is 284 g/mol. The molecule has 1 N–H and O–H groups in total. The van der Waals surface area contributed by atoms with Crippen LogP contribution in [0.4, 0.5) is 0 Å². The third kappa shape index (κ3) is 2.04. The SMILES string of the molecule is COc1ccccc1-c1csc2ccc(C(=O)O)cc12. The Kier molecular flexibility index (Phi) is 3.16. The van der Waals surface area contributed by atoms with E-state index >= 15 is 0 Å². The lowest BCUT2D eigenvalue weighted by Crippen LogP contribution is -1.94. The van der Waals surface area contributed by atoms with E-state index in [0.717, 1.165) is 27.0 Å². The van der Waals surface area contributed by atoms with Crippen LogP contribution in [0.25, 0.3) is 21.2 Å². The minimum Gasteiger partial charge on any atom is -0.496 e. The van der Waals surface area contributed by atoms with Crippen LogP contribution in [0, 0.1) is 0 Å². The summed E-state index contributed by atoms with van der Waals surface area (Å²) in [6.45, 7) is 0. The fourth-order valence-electron chi connectivity index (χ4n) is 2.24.